The van der Waals surface area contributed by atoms with E-state index in [0.717, 1.165) is 0 Å². The average molecular weight is 540 g/mol. The zero-order valence-corrected chi connectivity index (χ0v) is 20.5. The SMILES string of the molecule is CCOc1ccc(C(=O)Oc2ccc(Br)cc2/C=N/NC(=O)C(=O)Nc2ccc(OC)cc2)cc1. The van der Waals surface area contributed by atoms with Crippen LogP contribution in [0, 0.1) is 0 Å². The van der Waals surface area contributed by atoms with Gasteiger partial charge in [0, 0.05) is 15.7 Å². The van der Waals surface area contributed by atoms with Gasteiger partial charge in [-0.05, 0) is 73.7 Å². The van der Waals surface area contributed by atoms with Crippen molar-refractivity contribution in [2.24, 2.45) is 5.10 Å². The van der Waals surface area contributed by atoms with E-state index in [0.29, 0.717) is 39.4 Å². The van der Waals surface area contributed by atoms with Gasteiger partial charge in [-0.2, -0.15) is 5.10 Å². The van der Waals surface area contributed by atoms with E-state index >= 15 is 0 Å². The van der Waals surface area contributed by atoms with E-state index in [1.807, 2.05) is 6.92 Å². The van der Waals surface area contributed by atoms with Crippen molar-refractivity contribution in [2.45, 2.75) is 6.92 Å². The summed E-state index contributed by atoms with van der Waals surface area (Å²) in [5.41, 5.74) is 3.30. The number of methoxy groups -OCH3 is 1. The number of ether oxygens (including phenoxy) is 3. The van der Waals surface area contributed by atoms with Gasteiger partial charge >= 0.3 is 17.8 Å². The highest BCUT2D eigenvalue weighted by Gasteiger charge is 2.14. The van der Waals surface area contributed by atoms with Crippen LogP contribution in [0.4, 0.5) is 5.69 Å². The second-order valence-electron chi connectivity index (χ2n) is 6.91. The summed E-state index contributed by atoms with van der Waals surface area (Å²) in [6, 6.07) is 18.0. The fourth-order valence-electron chi connectivity index (χ4n) is 2.80. The molecule has 0 radical (unpaired) electrons. The summed E-state index contributed by atoms with van der Waals surface area (Å²) < 4.78 is 16.6. The van der Waals surface area contributed by atoms with Crippen LogP contribution in [0.15, 0.2) is 76.3 Å². The number of nitrogens with zero attached hydrogens (tertiary/aromatic N) is 1. The van der Waals surface area contributed by atoms with Gasteiger partial charge in [-0.3, -0.25) is 9.59 Å². The molecule has 0 saturated carbocycles. The maximum absolute atomic E-state index is 12.6. The molecule has 0 aliphatic heterocycles. The molecule has 0 aliphatic rings. The number of hydrogen-bond acceptors (Lipinski definition) is 7. The molecule has 3 aromatic rings. The Hall–Kier alpha value is -4.18. The van der Waals surface area contributed by atoms with E-state index in [4.69, 9.17) is 14.2 Å². The lowest BCUT2D eigenvalue weighted by molar-refractivity contribution is -0.136. The second kappa shape index (κ2) is 12.3. The van der Waals surface area contributed by atoms with Crippen molar-refractivity contribution in [3.05, 3.63) is 82.3 Å². The van der Waals surface area contributed by atoms with Gasteiger partial charge in [0.05, 0.1) is 25.5 Å². The highest BCUT2D eigenvalue weighted by molar-refractivity contribution is 9.10. The van der Waals surface area contributed by atoms with Crippen molar-refractivity contribution in [2.75, 3.05) is 19.0 Å². The van der Waals surface area contributed by atoms with E-state index in [2.05, 4.69) is 31.8 Å². The monoisotopic (exact) mass is 539 g/mol. The maximum atomic E-state index is 12.6. The Morgan fingerprint density at radius 2 is 1.63 bits per heavy atom. The van der Waals surface area contributed by atoms with Crippen molar-refractivity contribution in [3.63, 3.8) is 0 Å². The van der Waals surface area contributed by atoms with Gasteiger partial charge in [0.1, 0.15) is 17.2 Å². The van der Waals surface area contributed by atoms with Crippen LogP contribution < -0.4 is 25.0 Å². The normalized spacial score (nSPS) is 10.5. The zero-order valence-electron chi connectivity index (χ0n) is 18.9. The Labute approximate surface area is 210 Å². The lowest BCUT2D eigenvalue weighted by Gasteiger charge is -2.09. The van der Waals surface area contributed by atoms with Crippen LogP contribution >= 0.6 is 15.9 Å². The van der Waals surface area contributed by atoms with E-state index in [1.165, 1.54) is 13.3 Å². The molecule has 35 heavy (non-hydrogen) atoms. The molecule has 0 bridgehead atoms. The Bertz CT molecular complexity index is 1230. The summed E-state index contributed by atoms with van der Waals surface area (Å²) in [5.74, 6) is -0.971. The molecule has 0 spiro atoms. The topological polar surface area (TPSA) is 115 Å². The largest absolute Gasteiger partial charge is 0.497 e. The minimum Gasteiger partial charge on any atom is -0.497 e. The highest BCUT2D eigenvalue weighted by atomic mass is 79.9. The van der Waals surface area contributed by atoms with Crippen LogP contribution in [-0.4, -0.2) is 37.7 Å². The number of anilines is 1. The van der Waals surface area contributed by atoms with Crippen LogP contribution in [-0.2, 0) is 9.59 Å². The molecule has 0 aliphatic carbocycles. The van der Waals surface area contributed by atoms with Crippen LogP contribution in [0.25, 0.3) is 0 Å². The molecule has 3 rings (SSSR count). The second-order valence-corrected chi connectivity index (χ2v) is 7.83. The summed E-state index contributed by atoms with van der Waals surface area (Å²) in [4.78, 5) is 36.7. The van der Waals surface area contributed by atoms with Crippen molar-refractivity contribution in [1.29, 1.82) is 0 Å². The smallest absolute Gasteiger partial charge is 0.343 e. The average Bonchev–Trinajstić information content (AvgIpc) is 2.86. The van der Waals surface area contributed by atoms with Gasteiger partial charge in [0.15, 0.2) is 0 Å². The number of halogens is 1. The number of hydrazone groups is 1. The Morgan fingerprint density at radius 1 is 0.943 bits per heavy atom. The van der Waals surface area contributed by atoms with Crippen LogP contribution in [0.1, 0.15) is 22.8 Å². The maximum Gasteiger partial charge on any atom is 0.343 e. The van der Waals surface area contributed by atoms with Crippen LogP contribution in [0.3, 0.4) is 0 Å². The predicted octanol–water partition coefficient (Wildman–Crippen LogP) is 4.16. The van der Waals surface area contributed by atoms with E-state index < -0.39 is 17.8 Å². The van der Waals surface area contributed by atoms with Crippen molar-refractivity contribution in [1.82, 2.24) is 5.43 Å². The first-order valence-corrected chi connectivity index (χ1v) is 11.2. The molecule has 0 fully saturated rings. The van der Waals surface area contributed by atoms with Gasteiger partial charge in [0.2, 0.25) is 0 Å². The number of carbonyl (C=O) groups is 3. The number of rotatable bonds is 8. The first-order valence-electron chi connectivity index (χ1n) is 10.4. The van der Waals surface area contributed by atoms with Crippen molar-refractivity contribution in [3.8, 4) is 17.2 Å². The number of carbonyl (C=O) groups excluding carboxylic acids is 3. The Balaban J connectivity index is 1.63. The lowest BCUT2D eigenvalue weighted by Crippen LogP contribution is -2.32. The fourth-order valence-corrected chi connectivity index (χ4v) is 3.18. The van der Waals surface area contributed by atoms with Gasteiger partial charge in [0.25, 0.3) is 0 Å². The number of amides is 2. The number of benzene rings is 3. The zero-order chi connectivity index (χ0) is 25.2. The van der Waals surface area contributed by atoms with Gasteiger partial charge in [-0.15, -0.1) is 0 Å². The molecule has 2 amide bonds. The summed E-state index contributed by atoms with van der Waals surface area (Å²) in [6.07, 6.45) is 1.27. The predicted molar refractivity (Wildman–Crippen MR) is 134 cm³/mol. The van der Waals surface area contributed by atoms with E-state index in [1.54, 1.807) is 66.7 Å². The number of nitrogens with one attached hydrogen (secondary N) is 2. The third-order valence-electron chi connectivity index (χ3n) is 4.50. The van der Waals surface area contributed by atoms with Gasteiger partial charge in [-0.1, -0.05) is 15.9 Å². The van der Waals surface area contributed by atoms with Gasteiger partial charge < -0.3 is 19.5 Å². The molecule has 0 heterocycles. The molecule has 0 saturated heterocycles. The van der Waals surface area contributed by atoms with Crippen LogP contribution in [0.5, 0.6) is 17.2 Å². The standard InChI is InChI=1S/C25H22BrN3O6/c1-3-34-21-9-4-16(5-10-21)25(32)35-22-13-6-18(26)14-17(22)15-27-29-24(31)23(30)28-19-7-11-20(33-2)12-8-19/h4-15H,3H2,1-2H3,(H,28,30)(H,29,31)/b27-15+. The summed E-state index contributed by atoms with van der Waals surface area (Å²) >= 11 is 3.35. The molecule has 0 atom stereocenters. The first-order chi connectivity index (χ1) is 16.9. The molecule has 180 valence electrons. The summed E-state index contributed by atoms with van der Waals surface area (Å²) in [5, 5.41) is 6.26. The summed E-state index contributed by atoms with van der Waals surface area (Å²) in [7, 11) is 1.52. The molecule has 0 unspecified atom stereocenters. The quantitative estimate of drug-likeness (QED) is 0.146. The minimum atomic E-state index is -0.972. The molecular weight excluding hydrogens is 518 g/mol. The molecule has 2 N–H and O–H groups in total. The highest BCUT2D eigenvalue weighted by Crippen LogP contribution is 2.23. The first kappa shape index (κ1) is 25.4. The Morgan fingerprint density at radius 3 is 2.29 bits per heavy atom. The van der Waals surface area contributed by atoms with E-state index in [9.17, 15) is 14.4 Å². The van der Waals surface area contributed by atoms with Crippen molar-refractivity contribution < 1.29 is 28.6 Å². The minimum absolute atomic E-state index is 0.216. The molecular formula is C25H22BrN3O6. The third-order valence-corrected chi connectivity index (χ3v) is 4.99. The molecule has 9 nitrogen and oxygen atoms in total. The Kier molecular flexibility index (Phi) is 8.96. The summed E-state index contributed by atoms with van der Waals surface area (Å²) in [6.45, 7) is 2.39. The van der Waals surface area contributed by atoms with Crippen molar-refractivity contribution >= 4 is 45.6 Å². The molecule has 10 heteroatoms. The lowest BCUT2D eigenvalue weighted by atomic mass is 10.2. The van der Waals surface area contributed by atoms with Gasteiger partial charge in [-0.25, -0.2) is 10.2 Å². The fraction of sp³-hybridized carbons (Fsp3) is 0.120. The number of hydrogen-bond donors (Lipinski definition) is 2. The number of esters is 1. The van der Waals surface area contributed by atoms with Crippen LogP contribution in [0.2, 0.25) is 0 Å². The molecule has 0 aromatic heterocycles. The van der Waals surface area contributed by atoms with E-state index in [-0.39, 0.29) is 5.75 Å². The third kappa shape index (κ3) is 7.41. The molecule has 3 aromatic carbocycles.